The van der Waals surface area contributed by atoms with E-state index in [1.807, 2.05) is 67.8 Å². The van der Waals surface area contributed by atoms with Crippen molar-refractivity contribution in [3.8, 4) is 5.75 Å². The van der Waals surface area contributed by atoms with E-state index in [4.69, 9.17) is 4.74 Å². The van der Waals surface area contributed by atoms with Crippen LogP contribution in [-0.2, 0) is 51.2 Å². The second-order valence-corrected chi connectivity index (χ2v) is 19.2. The van der Waals surface area contributed by atoms with Gasteiger partial charge in [-0.3, -0.25) is 38.4 Å². The molecule has 4 rings (SSSR count). The number of ether oxygens (including phenoxy) is 1. The summed E-state index contributed by atoms with van der Waals surface area (Å²) in [6.45, 7) is 5.52. The third-order valence-electron chi connectivity index (χ3n) is 11.6. The van der Waals surface area contributed by atoms with E-state index in [-0.39, 0.29) is 38.2 Å². The lowest BCUT2D eigenvalue weighted by atomic mass is 9.96. The molecule has 1 fully saturated rings. The van der Waals surface area contributed by atoms with Crippen LogP contribution in [0.15, 0.2) is 84.9 Å². The molecule has 1 aliphatic rings. The number of thioether (sulfide) groups is 2. The summed E-state index contributed by atoms with van der Waals surface area (Å²) in [6, 6.07) is 17.0. The van der Waals surface area contributed by atoms with Crippen LogP contribution in [0.5, 0.6) is 5.75 Å². The van der Waals surface area contributed by atoms with Crippen LogP contribution in [0, 0.1) is 5.92 Å². The van der Waals surface area contributed by atoms with Crippen LogP contribution < -0.4 is 42.0 Å². The standard InChI is InChI=1S/C50H67N7O11S2/c1-6-30(2)42-48(65)53-37(23-25-69-5)50(67)70-29-40(47(64)51-31(3)44(61)54-38(45(62)56-42)27-34-16-11-8-12-17-34)55-49(66)43(32(4)59)57-46(63)39(28-58)52-41(60)18-13-24-68-36-21-19-35(20-22-36)26-33-14-9-7-10-15-33/h7-12,14-17,19-22,30-32,37-40,42-43,58-59H,6,13,18,23-29H2,1-5H3,(H,51,64)(H,52,60)(H,53,65)(H,54,61)(H,55,66)(H,56,62)(H,57,63)/t30-,31+,32+,37-,38+,39-,40+,42-,43-/m0/s1. The maximum atomic E-state index is 13.9. The minimum absolute atomic E-state index is 0.0339. The van der Waals surface area contributed by atoms with E-state index in [0.717, 1.165) is 12.0 Å². The number of hydrogen-bond acceptors (Lipinski definition) is 13. The SMILES string of the molecule is CC[C@H](C)[C@@H]1NC(=O)[C@@H](Cc2ccccc2)NC(=O)[C@@H](C)NC(=O)[C@H](NC(=O)[C@@H](NC(=O)[C@H](CO)NC(=O)CCCOc2ccc(Cc3ccccc3)cc2)[C@@H](C)O)CSC(=O)[C@H](CCSC)NC1=O. The van der Waals surface area contributed by atoms with Crippen LogP contribution in [0.2, 0.25) is 0 Å². The first-order chi connectivity index (χ1) is 33.5. The Kier molecular flexibility index (Phi) is 23.7. The van der Waals surface area contributed by atoms with Gasteiger partial charge in [0, 0.05) is 18.6 Å². The Morgan fingerprint density at radius 1 is 0.786 bits per heavy atom. The minimum Gasteiger partial charge on any atom is -0.494 e. The summed E-state index contributed by atoms with van der Waals surface area (Å²) in [4.78, 5) is 109. The molecule has 3 aromatic rings. The second-order valence-electron chi connectivity index (χ2n) is 17.2. The summed E-state index contributed by atoms with van der Waals surface area (Å²) in [7, 11) is 0. The third-order valence-corrected chi connectivity index (χ3v) is 13.3. The van der Waals surface area contributed by atoms with Gasteiger partial charge < -0.3 is 52.2 Å². The van der Waals surface area contributed by atoms with Gasteiger partial charge in [-0.15, -0.1) is 0 Å². The highest BCUT2D eigenvalue weighted by Crippen LogP contribution is 2.18. The summed E-state index contributed by atoms with van der Waals surface area (Å²) in [5.74, 6) is -5.35. The normalized spacial score (nSPS) is 21.1. The molecule has 9 N–H and O–H groups in total. The predicted octanol–water partition coefficient (Wildman–Crippen LogP) is 1.54. The van der Waals surface area contributed by atoms with Crippen molar-refractivity contribution in [3.63, 3.8) is 0 Å². The molecule has 70 heavy (non-hydrogen) atoms. The molecule has 380 valence electrons. The molecule has 20 heteroatoms. The highest BCUT2D eigenvalue weighted by molar-refractivity contribution is 8.13. The highest BCUT2D eigenvalue weighted by atomic mass is 32.2. The quantitative estimate of drug-likeness (QED) is 0.0687. The average Bonchev–Trinajstić information content (AvgIpc) is 3.35. The molecule has 0 bridgehead atoms. The van der Waals surface area contributed by atoms with E-state index >= 15 is 0 Å². The molecule has 0 aliphatic carbocycles. The van der Waals surface area contributed by atoms with Crippen molar-refractivity contribution in [2.75, 3.05) is 31.0 Å². The summed E-state index contributed by atoms with van der Waals surface area (Å²) in [6.07, 6.45) is 1.95. The zero-order chi connectivity index (χ0) is 51.2. The van der Waals surface area contributed by atoms with E-state index in [0.29, 0.717) is 35.2 Å². The van der Waals surface area contributed by atoms with Gasteiger partial charge in [-0.25, -0.2) is 0 Å². The van der Waals surface area contributed by atoms with Crippen LogP contribution >= 0.6 is 23.5 Å². The van der Waals surface area contributed by atoms with E-state index in [1.54, 1.807) is 37.3 Å². The molecule has 3 aromatic carbocycles. The fourth-order valence-electron chi connectivity index (χ4n) is 7.23. The number of benzene rings is 3. The summed E-state index contributed by atoms with van der Waals surface area (Å²) < 4.78 is 5.78. The van der Waals surface area contributed by atoms with Crippen LogP contribution in [-0.4, -0.2) is 136 Å². The average molecular weight is 1010 g/mol. The van der Waals surface area contributed by atoms with E-state index < -0.39 is 107 Å². The number of aliphatic hydroxyl groups excluding tert-OH is 2. The number of amides is 7. The Morgan fingerprint density at radius 3 is 2.03 bits per heavy atom. The summed E-state index contributed by atoms with van der Waals surface area (Å²) in [5.41, 5.74) is 2.98. The molecule has 0 saturated carbocycles. The van der Waals surface area contributed by atoms with Gasteiger partial charge in [-0.05, 0) is 79.9 Å². The maximum Gasteiger partial charge on any atom is 0.245 e. The minimum atomic E-state index is -1.73. The number of carbonyl (C=O) groups excluding carboxylic acids is 8. The first-order valence-electron chi connectivity index (χ1n) is 23.4. The molecule has 1 saturated heterocycles. The molecule has 1 aliphatic heterocycles. The molecular formula is C50H67N7O11S2. The molecule has 0 radical (unpaired) electrons. The van der Waals surface area contributed by atoms with Crippen LogP contribution in [0.1, 0.15) is 70.1 Å². The largest absolute Gasteiger partial charge is 0.494 e. The number of rotatable bonds is 21. The lowest BCUT2D eigenvalue weighted by Gasteiger charge is -2.30. The molecule has 0 spiro atoms. The number of carbonyl (C=O) groups is 8. The van der Waals surface area contributed by atoms with E-state index in [9.17, 15) is 48.6 Å². The number of hydrogen-bond donors (Lipinski definition) is 9. The van der Waals surface area contributed by atoms with Crippen molar-refractivity contribution in [1.82, 2.24) is 37.2 Å². The number of aliphatic hydroxyl groups is 2. The van der Waals surface area contributed by atoms with Crippen molar-refractivity contribution in [2.24, 2.45) is 5.92 Å². The van der Waals surface area contributed by atoms with Crippen LogP contribution in [0.4, 0.5) is 0 Å². The van der Waals surface area contributed by atoms with E-state index in [1.165, 1.54) is 31.2 Å². The lowest BCUT2D eigenvalue weighted by molar-refractivity contribution is -0.136. The maximum absolute atomic E-state index is 13.9. The molecular weight excluding hydrogens is 939 g/mol. The zero-order valence-corrected chi connectivity index (χ0v) is 41.9. The van der Waals surface area contributed by atoms with Gasteiger partial charge in [0.25, 0.3) is 0 Å². The van der Waals surface area contributed by atoms with E-state index in [2.05, 4.69) is 37.2 Å². The van der Waals surface area contributed by atoms with Crippen LogP contribution in [0.3, 0.4) is 0 Å². The monoisotopic (exact) mass is 1010 g/mol. The van der Waals surface area contributed by atoms with Gasteiger partial charge in [0.2, 0.25) is 46.5 Å². The zero-order valence-electron chi connectivity index (χ0n) is 40.2. The van der Waals surface area contributed by atoms with Crippen molar-refractivity contribution in [1.29, 1.82) is 0 Å². The fourth-order valence-corrected chi connectivity index (χ4v) is 8.64. The molecule has 9 atom stereocenters. The molecule has 1 heterocycles. The smallest absolute Gasteiger partial charge is 0.245 e. The van der Waals surface area contributed by atoms with Crippen molar-refractivity contribution < 1.29 is 53.3 Å². The van der Waals surface area contributed by atoms with Gasteiger partial charge in [-0.1, -0.05) is 105 Å². The first kappa shape index (κ1) is 56.6. The Balaban J connectivity index is 1.45. The molecule has 18 nitrogen and oxygen atoms in total. The highest BCUT2D eigenvalue weighted by Gasteiger charge is 2.37. The summed E-state index contributed by atoms with van der Waals surface area (Å²) in [5, 5.41) is 38.2. The Hall–Kier alpha value is -5.96. The topological polar surface area (TPSA) is 270 Å². The summed E-state index contributed by atoms with van der Waals surface area (Å²) >= 11 is 2.07. The van der Waals surface area contributed by atoms with Gasteiger partial charge in [0.05, 0.1) is 25.4 Å². The molecule has 0 unspecified atom stereocenters. The molecule has 7 amide bonds. The molecule has 0 aromatic heterocycles. The number of nitrogens with one attached hydrogen (secondary N) is 7. The van der Waals surface area contributed by atoms with Crippen molar-refractivity contribution in [3.05, 3.63) is 102 Å². The second kappa shape index (κ2) is 29.3. The lowest BCUT2D eigenvalue weighted by Crippen LogP contribution is -2.62. The Labute approximate surface area is 417 Å². The Morgan fingerprint density at radius 2 is 1.41 bits per heavy atom. The van der Waals surface area contributed by atoms with Crippen molar-refractivity contribution in [2.45, 2.75) is 115 Å². The predicted molar refractivity (Wildman–Crippen MR) is 268 cm³/mol. The van der Waals surface area contributed by atoms with Gasteiger partial charge in [0.1, 0.15) is 42.0 Å². The van der Waals surface area contributed by atoms with Gasteiger partial charge in [-0.2, -0.15) is 11.8 Å². The van der Waals surface area contributed by atoms with Crippen molar-refractivity contribution >= 4 is 70.0 Å². The van der Waals surface area contributed by atoms with Gasteiger partial charge >= 0.3 is 0 Å². The van der Waals surface area contributed by atoms with Gasteiger partial charge in [0.15, 0.2) is 0 Å². The Bertz CT molecular complexity index is 2210. The van der Waals surface area contributed by atoms with Crippen LogP contribution in [0.25, 0.3) is 0 Å². The first-order valence-corrected chi connectivity index (χ1v) is 25.8. The fraction of sp³-hybridized carbons (Fsp3) is 0.480. The third kappa shape index (κ3) is 18.4.